The summed E-state index contributed by atoms with van der Waals surface area (Å²) in [4.78, 5) is 3.26. The Bertz CT molecular complexity index is 608. The van der Waals surface area contributed by atoms with Crippen molar-refractivity contribution in [1.82, 2.24) is 4.90 Å². The van der Waals surface area contributed by atoms with E-state index in [1.165, 1.54) is 11.1 Å². The first-order valence-corrected chi connectivity index (χ1v) is 7.78. The minimum atomic E-state index is 1.10. The van der Waals surface area contributed by atoms with Gasteiger partial charge < -0.3 is 4.90 Å². The number of hydrogen-bond acceptors (Lipinski definition) is 2. The zero-order chi connectivity index (χ0) is 14.4. The molecule has 0 radical (unpaired) electrons. The van der Waals surface area contributed by atoms with Crippen LogP contribution in [0.3, 0.4) is 0 Å². The zero-order valence-corrected chi connectivity index (χ0v) is 12.9. The second-order valence-corrected chi connectivity index (χ2v) is 5.45. The first-order chi connectivity index (χ1) is 9.72. The fourth-order valence-corrected chi connectivity index (χ4v) is 2.55. The summed E-state index contributed by atoms with van der Waals surface area (Å²) in [7, 11) is 4.11. The van der Waals surface area contributed by atoms with E-state index in [9.17, 15) is 0 Å². The molecule has 20 heavy (non-hydrogen) atoms. The summed E-state index contributed by atoms with van der Waals surface area (Å²) in [6.07, 6.45) is 2.09. The minimum Gasteiger partial charge on any atom is -0.371 e. The van der Waals surface area contributed by atoms with E-state index in [2.05, 4.69) is 79.5 Å². The van der Waals surface area contributed by atoms with Crippen molar-refractivity contribution in [2.24, 2.45) is 0 Å². The van der Waals surface area contributed by atoms with Crippen molar-refractivity contribution in [3.8, 4) is 0 Å². The Morgan fingerprint density at radius 1 is 0.850 bits per heavy atom. The second-order valence-electron chi connectivity index (χ2n) is 4.63. The Kier molecular flexibility index (Phi) is 5.11. The molecule has 0 saturated carbocycles. The summed E-state index contributed by atoms with van der Waals surface area (Å²) in [6, 6.07) is 20.8. The van der Waals surface area contributed by atoms with Crippen molar-refractivity contribution in [3.05, 3.63) is 77.5 Å². The number of thioether (sulfide) groups is 1. The van der Waals surface area contributed by atoms with Crippen LogP contribution in [0.5, 0.6) is 0 Å². The standard InChI is InChI=1S/C18H19NS/c1-19(2)17(15-10-6-4-7-11-15)14-18(20-3)16-12-8-5-9-13-16/h4-13H,1-3H3. The van der Waals surface area contributed by atoms with Crippen molar-refractivity contribution in [3.63, 3.8) is 0 Å². The molecule has 0 saturated heterocycles. The van der Waals surface area contributed by atoms with E-state index in [0.717, 1.165) is 10.6 Å². The predicted molar refractivity (Wildman–Crippen MR) is 90.4 cm³/mol. The van der Waals surface area contributed by atoms with Gasteiger partial charge in [0.25, 0.3) is 0 Å². The average molecular weight is 281 g/mol. The van der Waals surface area contributed by atoms with Crippen LogP contribution in [0.15, 0.2) is 66.4 Å². The molecule has 102 valence electrons. The van der Waals surface area contributed by atoms with Crippen molar-refractivity contribution in [1.29, 1.82) is 0 Å². The van der Waals surface area contributed by atoms with Crippen LogP contribution in [0.4, 0.5) is 0 Å². The monoisotopic (exact) mass is 281 g/mol. The Balaban J connectivity index is 2.59. The SMILES string of the molecule is CSC(=C=C(c1ccccc1)N(C)C)c1ccccc1. The van der Waals surface area contributed by atoms with Gasteiger partial charge in [0, 0.05) is 19.7 Å². The third kappa shape index (κ3) is 3.57. The Hall–Kier alpha value is -1.89. The topological polar surface area (TPSA) is 3.24 Å². The quantitative estimate of drug-likeness (QED) is 0.754. The van der Waals surface area contributed by atoms with Gasteiger partial charge in [0.1, 0.15) is 0 Å². The first-order valence-electron chi connectivity index (χ1n) is 6.55. The van der Waals surface area contributed by atoms with Gasteiger partial charge in [-0.25, -0.2) is 0 Å². The van der Waals surface area contributed by atoms with Crippen LogP contribution in [-0.4, -0.2) is 25.3 Å². The lowest BCUT2D eigenvalue weighted by atomic mass is 10.1. The summed E-state index contributed by atoms with van der Waals surface area (Å²) in [5.74, 6) is 0. The van der Waals surface area contributed by atoms with E-state index < -0.39 is 0 Å². The molecule has 0 atom stereocenters. The highest BCUT2D eigenvalue weighted by atomic mass is 32.2. The highest BCUT2D eigenvalue weighted by molar-refractivity contribution is 8.07. The molecule has 0 N–H and O–H groups in total. The lowest BCUT2D eigenvalue weighted by Gasteiger charge is -2.15. The summed E-state index contributed by atoms with van der Waals surface area (Å²) in [5, 5.41) is 0. The van der Waals surface area contributed by atoms with E-state index in [-0.39, 0.29) is 0 Å². The van der Waals surface area contributed by atoms with Crippen LogP contribution in [0.2, 0.25) is 0 Å². The zero-order valence-electron chi connectivity index (χ0n) is 12.1. The van der Waals surface area contributed by atoms with Gasteiger partial charge in [-0.1, -0.05) is 66.4 Å². The maximum atomic E-state index is 3.56. The number of benzene rings is 2. The highest BCUT2D eigenvalue weighted by Crippen LogP contribution is 2.26. The van der Waals surface area contributed by atoms with Crippen molar-refractivity contribution < 1.29 is 0 Å². The average Bonchev–Trinajstić information content (AvgIpc) is 2.50. The fourth-order valence-electron chi connectivity index (χ4n) is 1.98. The molecule has 0 heterocycles. The first kappa shape index (κ1) is 14.5. The smallest absolute Gasteiger partial charge is 0.0879 e. The molecule has 0 aliphatic rings. The van der Waals surface area contributed by atoms with Crippen LogP contribution in [-0.2, 0) is 0 Å². The predicted octanol–water partition coefficient (Wildman–Crippen LogP) is 4.59. The molecule has 0 aliphatic carbocycles. The highest BCUT2D eigenvalue weighted by Gasteiger charge is 2.05. The van der Waals surface area contributed by atoms with Gasteiger partial charge in [-0.3, -0.25) is 0 Å². The van der Waals surface area contributed by atoms with Gasteiger partial charge in [-0.2, -0.15) is 0 Å². The molecule has 2 aromatic carbocycles. The van der Waals surface area contributed by atoms with Gasteiger partial charge in [0.2, 0.25) is 0 Å². The van der Waals surface area contributed by atoms with Crippen molar-refractivity contribution in [2.75, 3.05) is 20.4 Å². The largest absolute Gasteiger partial charge is 0.371 e. The lowest BCUT2D eigenvalue weighted by Crippen LogP contribution is -2.09. The summed E-state index contributed by atoms with van der Waals surface area (Å²) in [6.45, 7) is 0. The Labute approximate surface area is 125 Å². The molecule has 0 amide bonds. The van der Waals surface area contributed by atoms with E-state index >= 15 is 0 Å². The maximum absolute atomic E-state index is 3.56. The minimum absolute atomic E-state index is 1.10. The van der Waals surface area contributed by atoms with Gasteiger partial charge in [-0.05, 0) is 11.8 Å². The van der Waals surface area contributed by atoms with Crippen LogP contribution in [0.1, 0.15) is 11.1 Å². The fraction of sp³-hybridized carbons (Fsp3) is 0.167. The summed E-state index contributed by atoms with van der Waals surface area (Å²) in [5.41, 5.74) is 7.04. The van der Waals surface area contributed by atoms with E-state index in [4.69, 9.17) is 0 Å². The van der Waals surface area contributed by atoms with E-state index in [0.29, 0.717) is 0 Å². The normalized spacial score (nSPS) is 9.75. The molecular formula is C18H19NS. The number of rotatable bonds is 4. The molecule has 2 heteroatoms. The maximum Gasteiger partial charge on any atom is 0.0879 e. The van der Waals surface area contributed by atoms with E-state index in [1.54, 1.807) is 11.8 Å². The van der Waals surface area contributed by atoms with Crippen LogP contribution >= 0.6 is 11.8 Å². The van der Waals surface area contributed by atoms with Gasteiger partial charge in [0.05, 0.1) is 10.6 Å². The van der Waals surface area contributed by atoms with Crippen LogP contribution in [0.25, 0.3) is 10.6 Å². The summed E-state index contributed by atoms with van der Waals surface area (Å²) < 4.78 is 0. The van der Waals surface area contributed by atoms with Crippen molar-refractivity contribution >= 4 is 22.4 Å². The second kappa shape index (κ2) is 7.04. The molecule has 0 unspecified atom stereocenters. The molecule has 0 aromatic heterocycles. The molecular weight excluding hydrogens is 262 g/mol. The molecule has 0 spiro atoms. The molecule has 0 bridgehead atoms. The third-order valence-electron chi connectivity index (χ3n) is 2.97. The molecule has 2 aromatic rings. The molecule has 0 fully saturated rings. The van der Waals surface area contributed by atoms with Crippen molar-refractivity contribution in [2.45, 2.75) is 0 Å². The third-order valence-corrected chi connectivity index (χ3v) is 3.71. The molecule has 0 aliphatic heterocycles. The Morgan fingerprint density at radius 2 is 1.35 bits per heavy atom. The summed E-state index contributed by atoms with van der Waals surface area (Å²) >= 11 is 1.72. The van der Waals surface area contributed by atoms with Crippen LogP contribution in [0, 0.1) is 0 Å². The lowest BCUT2D eigenvalue weighted by molar-refractivity contribution is 0.593. The van der Waals surface area contributed by atoms with E-state index in [1.807, 2.05) is 12.1 Å². The Morgan fingerprint density at radius 3 is 1.80 bits per heavy atom. The number of nitrogens with zero attached hydrogens (tertiary/aromatic N) is 1. The van der Waals surface area contributed by atoms with Crippen LogP contribution < -0.4 is 0 Å². The molecule has 2 rings (SSSR count). The molecule has 1 nitrogen and oxygen atoms in total. The number of hydrogen-bond donors (Lipinski definition) is 0. The van der Waals surface area contributed by atoms with Gasteiger partial charge >= 0.3 is 0 Å². The van der Waals surface area contributed by atoms with Gasteiger partial charge in [-0.15, -0.1) is 11.8 Å². The van der Waals surface area contributed by atoms with Gasteiger partial charge in [0.15, 0.2) is 0 Å².